The van der Waals surface area contributed by atoms with Gasteiger partial charge in [0.25, 0.3) is 0 Å². The molecule has 100 valence electrons. The zero-order valence-electron chi connectivity index (χ0n) is 11.2. The predicted molar refractivity (Wildman–Crippen MR) is 70.7 cm³/mol. The van der Waals surface area contributed by atoms with Crippen LogP contribution in [0.5, 0.6) is 0 Å². The molecule has 1 aliphatic carbocycles. The maximum absolute atomic E-state index is 12.0. The van der Waals surface area contributed by atoms with Crippen molar-refractivity contribution in [1.29, 1.82) is 0 Å². The van der Waals surface area contributed by atoms with E-state index in [4.69, 9.17) is 5.73 Å². The summed E-state index contributed by atoms with van der Waals surface area (Å²) in [6.07, 6.45) is 5.28. The number of hydrogen-bond donors (Lipinski definition) is 3. The van der Waals surface area contributed by atoms with Crippen molar-refractivity contribution in [2.45, 2.75) is 51.5 Å². The van der Waals surface area contributed by atoms with Crippen LogP contribution in [0, 0.1) is 5.92 Å². The Labute approximate surface area is 105 Å². The van der Waals surface area contributed by atoms with Crippen molar-refractivity contribution in [3.8, 4) is 0 Å². The summed E-state index contributed by atoms with van der Waals surface area (Å²) in [4.78, 5) is 12.0. The number of carbonyl (C=O) groups excluding carboxylic acids is 1. The maximum Gasteiger partial charge on any atom is 0.225 e. The third kappa shape index (κ3) is 4.64. The Morgan fingerprint density at radius 3 is 2.76 bits per heavy atom. The van der Waals surface area contributed by atoms with Gasteiger partial charge in [-0.05, 0) is 32.7 Å². The summed E-state index contributed by atoms with van der Waals surface area (Å²) in [7, 11) is 0. The second kappa shape index (κ2) is 6.97. The molecule has 0 saturated heterocycles. The van der Waals surface area contributed by atoms with Crippen LogP contribution in [0.1, 0.15) is 46.0 Å². The van der Waals surface area contributed by atoms with Crippen LogP contribution in [0.4, 0.5) is 0 Å². The van der Waals surface area contributed by atoms with E-state index in [1.165, 1.54) is 0 Å². The zero-order chi connectivity index (χ0) is 12.7. The normalized spacial score (nSPS) is 29.0. The fourth-order valence-corrected chi connectivity index (χ4v) is 2.49. The first-order chi connectivity index (χ1) is 8.08. The molecule has 1 rings (SSSR count). The highest BCUT2D eigenvalue weighted by molar-refractivity contribution is 5.80. The first-order valence-corrected chi connectivity index (χ1v) is 6.85. The number of nitrogens with one attached hydrogen (secondary N) is 2. The topological polar surface area (TPSA) is 67.1 Å². The standard InChI is InChI=1S/C13H27N3O/c1-3-8-15-9-10-16-12(17)11-6-4-5-7-13(11,2)14/h11,15H,3-10,14H2,1-2H3,(H,16,17). The summed E-state index contributed by atoms with van der Waals surface area (Å²) in [5.74, 6) is 0.121. The molecule has 0 aromatic rings. The smallest absolute Gasteiger partial charge is 0.225 e. The van der Waals surface area contributed by atoms with Crippen molar-refractivity contribution in [3.63, 3.8) is 0 Å². The molecule has 0 aromatic carbocycles. The summed E-state index contributed by atoms with van der Waals surface area (Å²) in [5.41, 5.74) is 5.88. The van der Waals surface area contributed by atoms with Crippen molar-refractivity contribution in [2.24, 2.45) is 11.7 Å². The molecule has 0 radical (unpaired) electrons. The van der Waals surface area contributed by atoms with E-state index in [1.54, 1.807) is 0 Å². The lowest BCUT2D eigenvalue weighted by Gasteiger charge is -2.37. The predicted octanol–water partition coefficient (Wildman–Crippen LogP) is 1.01. The van der Waals surface area contributed by atoms with Gasteiger partial charge in [-0.15, -0.1) is 0 Å². The molecule has 1 fully saturated rings. The van der Waals surface area contributed by atoms with Crippen LogP contribution in [0.3, 0.4) is 0 Å². The van der Waals surface area contributed by atoms with Crippen LogP contribution in [-0.2, 0) is 4.79 Å². The van der Waals surface area contributed by atoms with Crippen LogP contribution < -0.4 is 16.4 Å². The Hall–Kier alpha value is -0.610. The molecule has 17 heavy (non-hydrogen) atoms. The van der Waals surface area contributed by atoms with Gasteiger partial charge in [-0.3, -0.25) is 4.79 Å². The summed E-state index contributed by atoms with van der Waals surface area (Å²) in [5, 5.41) is 6.25. The zero-order valence-corrected chi connectivity index (χ0v) is 11.2. The van der Waals surface area contributed by atoms with Crippen molar-refractivity contribution in [2.75, 3.05) is 19.6 Å². The monoisotopic (exact) mass is 241 g/mol. The highest BCUT2D eigenvalue weighted by Gasteiger charge is 2.37. The van der Waals surface area contributed by atoms with Gasteiger partial charge in [-0.1, -0.05) is 19.8 Å². The summed E-state index contributed by atoms with van der Waals surface area (Å²) < 4.78 is 0. The molecule has 1 saturated carbocycles. The molecule has 0 aromatic heterocycles. The van der Waals surface area contributed by atoms with Gasteiger partial charge in [-0.2, -0.15) is 0 Å². The summed E-state index contributed by atoms with van der Waals surface area (Å²) >= 11 is 0. The average molecular weight is 241 g/mol. The van der Waals surface area contributed by atoms with Gasteiger partial charge >= 0.3 is 0 Å². The Kier molecular flexibility index (Phi) is 5.92. The highest BCUT2D eigenvalue weighted by atomic mass is 16.1. The minimum Gasteiger partial charge on any atom is -0.355 e. The third-order valence-electron chi connectivity index (χ3n) is 3.60. The SMILES string of the molecule is CCCNCCNC(=O)C1CCCCC1(C)N. The molecular weight excluding hydrogens is 214 g/mol. The van der Waals surface area contributed by atoms with E-state index in [9.17, 15) is 4.79 Å². The van der Waals surface area contributed by atoms with Crippen LogP contribution in [-0.4, -0.2) is 31.1 Å². The van der Waals surface area contributed by atoms with E-state index in [-0.39, 0.29) is 17.4 Å². The molecule has 4 N–H and O–H groups in total. The minimum absolute atomic E-state index is 0.0116. The average Bonchev–Trinajstić information content (AvgIpc) is 2.28. The molecule has 0 aliphatic heterocycles. The number of nitrogens with two attached hydrogens (primary N) is 1. The molecular formula is C13H27N3O. The lowest BCUT2D eigenvalue weighted by atomic mass is 9.74. The number of rotatable bonds is 6. The van der Waals surface area contributed by atoms with Crippen LogP contribution >= 0.6 is 0 Å². The first-order valence-electron chi connectivity index (χ1n) is 6.85. The lowest BCUT2D eigenvalue weighted by molar-refractivity contribution is -0.128. The fraction of sp³-hybridized carbons (Fsp3) is 0.923. The van der Waals surface area contributed by atoms with E-state index in [0.29, 0.717) is 6.54 Å². The summed E-state index contributed by atoms with van der Waals surface area (Å²) in [6, 6.07) is 0. The Bertz CT molecular complexity index is 241. The molecule has 1 amide bonds. The quantitative estimate of drug-likeness (QED) is 0.608. The van der Waals surface area contributed by atoms with Gasteiger partial charge in [-0.25, -0.2) is 0 Å². The van der Waals surface area contributed by atoms with Gasteiger partial charge in [0.2, 0.25) is 5.91 Å². The molecule has 4 heteroatoms. The van der Waals surface area contributed by atoms with Gasteiger partial charge in [0.15, 0.2) is 0 Å². The Morgan fingerprint density at radius 1 is 1.35 bits per heavy atom. The molecule has 2 atom stereocenters. The van der Waals surface area contributed by atoms with E-state index in [1.807, 2.05) is 6.92 Å². The van der Waals surface area contributed by atoms with Crippen molar-refractivity contribution < 1.29 is 4.79 Å². The van der Waals surface area contributed by atoms with Crippen LogP contribution in [0.2, 0.25) is 0 Å². The van der Waals surface area contributed by atoms with Gasteiger partial charge in [0.1, 0.15) is 0 Å². The summed E-state index contributed by atoms with van der Waals surface area (Å²) in [6.45, 7) is 6.69. The third-order valence-corrected chi connectivity index (χ3v) is 3.60. The maximum atomic E-state index is 12.0. The van der Waals surface area contributed by atoms with Crippen molar-refractivity contribution in [3.05, 3.63) is 0 Å². The van der Waals surface area contributed by atoms with E-state index in [0.717, 1.165) is 45.2 Å². The second-order valence-electron chi connectivity index (χ2n) is 5.35. The molecule has 0 bridgehead atoms. The van der Waals surface area contributed by atoms with Gasteiger partial charge in [0, 0.05) is 18.6 Å². The van der Waals surface area contributed by atoms with Crippen LogP contribution in [0.25, 0.3) is 0 Å². The lowest BCUT2D eigenvalue weighted by Crippen LogP contribution is -2.53. The molecule has 0 spiro atoms. The highest BCUT2D eigenvalue weighted by Crippen LogP contribution is 2.31. The van der Waals surface area contributed by atoms with Crippen LogP contribution in [0.15, 0.2) is 0 Å². The Balaban J connectivity index is 2.26. The molecule has 4 nitrogen and oxygen atoms in total. The number of amides is 1. The van der Waals surface area contributed by atoms with Crippen molar-refractivity contribution >= 4 is 5.91 Å². The first kappa shape index (κ1) is 14.5. The van der Waals surface area contributed by atoms with E-state index in [2.05, 4.69) is 17.6 Å². The number of hydrogen-bond acceptors (Lipinski definition) is 3. The van der Waals surface area contributed by atoms with E-state index >= 15 is 0 Å². The Morgan fingerprint density at radius 2 is 2.12 bits per heavy atom. The van der Waals surface area contributed by atoms with Gasteiger partial charge < -0.3 is 16.4 Å². The minimum atomic E-state index is -0.320. The molecule has 0 heterocycles. The number of carbonyl (C=O) groups is 1. The molecule has 2 unspecified atom stereocenters. The van der Waals surface area contributed by atoms with Crippen molar-refractivity contribution in [1.82, 2.24) is 10.6 Å². The molecule has 1 aliphatic rings. The fourth-order valence-electron chi connectivity index (χ4n) is 2.49. The van der Waals surface area contributed by atoms with E-state index < -0.39 is 0 Å². The largest absolute Gasteiger partial charge is 0.355 e. The van der Waals surface area contributed by atoms with Gasteiger partial charge in [0.05, 0.1) is 5.92 Å². The second-order valence-corrected chi connectivity index (χ2v) is 5.35.